The van der Waals surface area contributed by atoms with Crippen LogP contribution in [0.3, 0.4) is 0 Å². The van der Waals surface area contributed by atoms with Crippen LogP contribution in [-0.4, -0.2) is 56.8 Å². The number of aromatic nitrogens is 2. The Morgan fingerprint density at radius 1 is 1.18 bits per heavy atom. The lowest BCUT2D eigenvalue weighted by Gasteiger charge is -2.28. The molecular weight excluding hydrogens is 454 g/mol. The molecule has 3 aromatic rings. The van der Waals surface area contributed by atoms with Gasteiger partial charge in [0.25, 0.3) is 0 Å². The van der Waals surface area contributed by atoms with Crippen molar-refractivity contribution in [1.29, 1.82) is 0 Å². The predicted octanol–water partition coefficient (Wildman–Crippen LogP) is 4.77. The molecule has 8 heteroatoms. The second-order valence-corrected chi connectivity index (χ2v) is 9.59. The number of nitrogens with zero attached hydrogens (tertiary/aromatic N) is 4. The molecular formula is C25H30ClN5OS. The van der Waals surface area contributed by atoms with Crippen LogP contribution < -0.4 is 5.32 Å². The summed E-state index contributed by atoms with van der Waals surface area (Å²) in [5.41, 5.74) is 4.84. The van der Waals surface area contributed by atoms with Gasteiger partial charge in [0.2, 0.25) is 0 Å². The summed E-state index contributed by atoms with van der Waals surface area (Å²) in [5.74, 6) is 0.192. The zero-order valence-corrected chi connectivity index (χ0v) is 21.0. The Morgan fingerprint density at radius 2 is 1.97 bits per heavy atom. The molecule has 1 aliphatic heterocycles. The van der Waals surface area contributed by atoms with Crippen LogP contribution in [0, 0.1) is 13.8 Å². The van der Waals surface area contributed by atoms with E-state index in [9.17, 15) is 5.11 Å². The number of aromatic hydroxyl groups is 1. The molecule has 1 aliphatic rings. The third-order valence-corrected chi connectivity index (χ3v) is 6.76. The minimum Gasteiger partial charge on any atom is -0.506 e. The zero-order chi connectivity index (χ0) is 23.7. The van der Waals surface area contributed by atoms with Crippen molar-refractivity contribution >= 4 is 28.9 Å². The maximum absolute atomic E-state index is 10.6. The number of phenolic OH excluding ortho intramolecular Hbond substituents is 1. The van der Waals surface area contributed by atoms with E-state index in [1.54, 1.807) is 18.2 Å². The molecule has 2 N–H and O–H groups in total. The molecule has 33 heavy (non-hydrogen) atoms. The molecule has 0 saturated carbocycles. The lowest BCUT2D eigenvalue weighted by atomic mass is 9.96. The average Bonchev–Trinajstić information content (AvgIpc) is 3.25. The molecule has 4 rings (SSSR count). The van der Waals surface area contributed by atoms with E-state index < -0.39 is 0 Å². The quantitative estimate of drug-likeness (QED) is 0.472. The highest BCUT2D eigenvalue weighted by molar-refractivity contribution is 7.80. The van der Waals surface area contributed by atoms with Crippen LogP contribution in [0.25, 0.3) is 5.69 Å². The van der Waals surface area contributed by atoms with E-state index in [1.165, 1.54) is 0 Å². The third-order valence-electron chi connectivity index (χ3n) is 6.17. The molecule has 1 saturated heterocycles. The fraction of sp³-hybridized carbons (Fsp3) is 0.360. The van der Waals surface area contributed by atoms with Crippen LogP contribution in [0.15, 0.2) is 48.7 Å². The van der Waals surface area contributed by atoms with Gasteiger partial charge in [-0.3, -0.25) is 4.98 Å². The Labute approximate surface area is 205 Å². The SMILES string of the molecule is Cc1cc([C@H]2[C@@H](c3ccccn3)NC(=S)N2CCCN(C)C)c(C)n1-c1cc(Cl)ccc1O. The molecule has 0 unspecified atom stereocenters. The summed E-state index contributed by atoms with van der Waals surface area (Å²) >= 11 is 12.1. The molecule has 0 radical (unpaired) electrons. The highest BCUT2D eigenvalue weighted by atomic mass is 35.5. The van der Waals surface area contributed by atoms with Gasteiger partial charge >= 0.3 is 0 Å². The number of nitrogens with one attached hydrogen (secondary N) is 1. The first kappa shape index (κ1) is 23.5. The largest absolute Gasteiger partial charge is 0.506 e. The van der Waals surface area contributed by atoms with Gasteiger partial charge in [0, 0.05) is 29.2 Å². The lowest BCUT2D eigenvalue weighted by molar-refractivity contribution is 0.292. The third kappa shape index (κ3) is 4.71. The number of hydrogen-bond acceptors (Lipinski definition) is 4. The van der Waals surface area contributed by atoms with Gasteiger partial charge < -0.3 is 24.8 Å². The average molecular weight is 484 g/mol. The second-order valence-electron chi connectivity index (χ2n) is 8.77. The number of benzene rings is 1. The first-order valence-corrected chi connectivity index (χ1v) is 11.9. The summed E-state index contributed by atoms with van der Waals surface area (Å²) in [6, 6.07) is 13.2. The van der Waals surface area contributed by atoms with Gasteiger partial charge in [0.1, 0.15) is 5.75 Å². The molecule has 0 aliphatic carbocycles. The first-order chi connectivity index (χ1) is 15.8. The summed E-state index contributed by atoms with van der Waals surface area (Å²) in [4.78, 5) is 9.10. The number of halogens is 1. The molecule has 6 nitrogen and oxygen atoms in total. The normalized spacial score (nSPS) is 18.2. The summed E-state index contributed by atoms with van der Waals surface area (Å²) in [6.07, 6.45) is 2.81. The maximum atomic E-state index is 10.6. The standard InChI is InChI=1S/C25H30ClN5OS/c1-16-14-19(17(2)31(16)21-15-18(26)9-10-22(21)32)24-23(20-8-5-6-11-27-20)28-25(33)30(24)13-7-12-29(3)4/h5-6,8-11,14-15,23-24,32H,7,12-13H2,1-4H3,(H,28,33)/t23-,24+/m1/s1. The van der Waals surface area contributed by atoms with Gasteiger partial charge in [-0.05, 0) is 95.1 Å². The minimum atomic E-state index is -0.0695. The minimum absolute atomic E-state index is 0.0177. The van der Waals surface area contributed by atoms with Crippen molar-refractivity contribution in [2.75, 3.05) is 27.2 Å². The molecule has 2 aromatic heterocycles. The van der Waals surface area contributed by atoms with Gasteiger partial charge in [0.05, 0.1) is 23.5 Å². The number of pyridine rings is 1. The molecule has 174 valence electrons. The van der Waals surface area contributed by atoms with Crippen molar-refractivity contribution in [2.24, 2.45) is 0 Å². The van der Waals surface area contributed by atoms with Crippen LogP contribution in [0.4, 0.5) is 0 Å². The van der Waals surface area contributed by atoms with Crippen LogP contribution in [-0.2, 0) is 0 Å². The molecule has 0 amide bonds. The predicted molar refractivity (Wildman–Crippen MR) is 137 cm³/mol. The van der Waals surface area contributed by atoms with E-state index in [2.05, 4.69) is 51.8 Å². The highest BCUT2D eigenvalue weighted by Gasteiger charge is 2.41. The fourth-order valence-corrected chi connectivity index (χ4v) is 5.17. The smallest absolute Gasteiger partial charge is 0.170 e. The summed E-state index contributed by atoms with van der Waals surface area (Å²) in [5, 5.41) is 15.4. The van der Waals surface area contributed by atoms with Gasteiger partial charge in [-0.15, -0.1) is 0 Å². The van der Waals surface area contributed by atoms with Gasteiger partial charge in [-0.2, -0.15) is 0 Å². The number of rotatable bonds is 7. The maximum Gasteiger partial charge on any atom is 0.170 e. The molecule has 3 heterocycles. The molecule has 2 atom stereocenters. The van der Waals surface area contributed by atoms with Gasteiger partial charge in [-0.25, -0.2) is 0 Å². The van der Waals surface area contributed by atoms with E-state index in [0.717, 1.165) is 47.3 Å². The Morgan fingerprint density at radius 3 is 2.67 bits per heavy atom. The van der Waals surface area contributed by atoms with Crippen molar-refractivity contribution in [3.05, 3.63) is 76.3 Å². The summed E-state index contributed by atoms with van der Waals surface area (Å²) < 4.78 is 2.06. The molecule has 1 fully saturated rings. The monoisotopic (exact) mass is 483 g/mol. The number of thiocarbonyl (C=S) groups is 1. The molecule has 1 aromatic carbocycles. The van der Waals surface area contributed by atoms with Gasteiger partial charge in [0.15, 0.2) is 5.11 Å². The Kier molecular flexibility index (Phi) is 6.93. The number of phenols is 1. The van der Waals surface area contributed by atoms with Crippen molar-refractivity contribution in [3.63, 3.8) is 0 Å². The fourth-order valence-electron chi connectivity index (χ4n) is 4.68. The first-order valence-electron chi connectivity index (χ1n) is 11.1. The van der Waals surface area contributed by atoms with E-state index in [0.29, 0.717) is 10.7 Å². The number of hydrogen-bond donors (Lipinski definition) is 2. The topological polar surface area (TPSA) is 56.6 Å². The van der Waals surface area contributed by atoms with Gasteiger partial charge in [-0.1, -0.05) is 17.7 Å². The Hall–Kier alpha value is -2.61. The highest BCUT2D eigenvalue weighted by Crippen LogP contribution is 2.42. The Balaban J connectivity index is 1.80. The Bertz CT molecular complexity index is 1150. The van der Waals surface area contributed by atoms with Crippen molar-refractivity contribution < 1.29 is 5.11 Å². The van der Waals surface area contributed by atoms with E-state index in [-0.39, 0.29) is 17.8 Å². The second kappa shape index (κ2) is 9.71. The summed E-state index contributed by atoms with van der Waals surface area (Å²) in [7, 11) is 4.17. The van der Waals surface area contributed by atoms with E-state index >= 15 is 0 Å². The molecule has 0 bridgehead atoms. The van der Waals surface area contributed by atoms with Crippen LogP contribution in [0.2, 0.25) is 5.02 Å². The van der Waals surface area contributed by atoms with Crippen molar-refractivity contribution in [1.82, 2.24) is 24.7 Å². The van der Waals surface area contributed by atoms with Crippen LogP contribution in [0.5, 0.6) is 5.75 Å². The van der Waals surface area contributed by atoms with Crippen molar-refractivity contribution in [2.45, 2.75) is 32.4 Å². The zero-order valence-electron chi connectivity index (χ0n) is 19.4. The number of aryl methyl sites for hydroxylation is 1. The summed E-state index contributed by atoms with van der Waals surface area (Å²) in [6.45, 7) is 5.95. The van der Waals surface area contributed by atoms with E-state index in [1.807, 2.05) is 31.3 Å². The van der Waals surface area contributed by atoms with Crippen LogP contribution in [0.1, 0.15) is 41.1 Å². The van der Waals surface area contributed by atoms with E-state index in [4.69, 9.17) is 23.8 Å². The van der Waals surface area contributed by atoms with Crippen LogP contribution >= 0.6 is 23.8 Å². The van der Waals surface area contributed by atoms with Crippen molar-refractivity contribution in [3.8, 4) is 11.4 Å². The molecule has 0 spiro atoms. The lowest BCUT2D eigenvalue weighted by Crippen LogP contribution is -2.32.